The Labute approximate surface area is 223 Å². The molecule has 0 bridgehead atoms. The van der Waals surface area contributed by atoms with Crippen LogP contribution >= 0.6 is 23.5 Å². The zero-order valence-corrected chi connectivity index (χ0v) is 22.6. The number of benzene rings is 3. The minimum absolute atomic E-state index is 0.222. The number of aromatic nitrogens is 1. The van der Waals surface area contributed by atoms with Crippen molar-refractivity contribution in [3.05, 3.63) is 89.1 Å². The maximum Gasteiger partial charge on any atom is 0.257 e. The van der Waals surface area contributed by atoms with E-state index in [-0.39, 0.29) is 5.91 Å². The number of hydrogen-bond acceptors (Lipinski definition) is 4. The number of pyridine rings is 1. The number of anilines is 2. The van der Waals surface area contributed by atoms with Gasteiger partial charge in [0.2, 0.25) is 0 Å². The van der Waals surface area contributed by atoms with Gasteiger partial charge in [0.25, 0.3) is 5.91 Å². The molecular formula is C30H32ClN3OS. The van der Waals surface area contributed by atoms with E-state index in [0.717, 1.165) is 45.6 Å². The van der Waals surface area contributed by atoms with E-state index in [4.69, 9.17) is 11.6 Å². The molecule has 4 aromatic rings. The molecule has 0 unspecified atom stereocenters. The van der Waals surface area contributed by atoms with Crippen molar-refractivity contribution in [2.45, 2.75) is 40.0 Å². The smallest absolute Gasteiger partial charge is 0.257 e. The maximum absolute atomic E-state index is 13.1. The third-order valence-electron chi connectivity index (χ3n) is 6.16. The van der Waals surface area contributed by atoms with Gasteiger partial charge < -0.3 is 9.62 Å². The number of rotatable bonds is 4. The number of carbonyl (C=O) groups excluding carboxylic acids is 1. The molecule has 0 atom stereocenters. The van der Waals surface area contributed by atoms with Gasteiger partial charge in [-0.3, -0.25) is 9.78 Å². The fourth-order valence-electron chi connectivity index (χ4n) is 4.31. The Balaban J connectivity index is 0.00000148. The number of aryl methyl sites for hydroxylation is 1. The van der Waals surface area contributed by atoms with E-state index in [0.29, 0.717) is 16.3 Å². The van der Waals surface area contributed by atoms with Gasteiger partial charge in [0.05, 0.1) is 16.3 Å². The van der Waals surface area contributed by atoms with Crippen LogP contribution in [0.4, 0.5) is 11.4 Å². The summed E-state index contributed by atoms with van der Waals surface area (Å²) in [5.41, 5.74) is 5.23. The number of nitrogens with one attached hydrogen (secondary N) is 1. The standard InChI is InChI=1S/C28H26ClN3OS.C2H6/c1-19-9-10-21(17-25(19)27-23-8-4-3-7-20(23)13-14-30-27)31-28(33)24-12-11-22(18-26(24)29)32-15-5-2-6-16-34-32;1-2/h3-4,7-14,17-18H,2,5-6,15-16H2,1H3,(H,31,33);1-2H3. The molecule has 1 saturated heterocycles. The van der Waals surface area contributed by atoms with Crippen LogP contribution in [0.1, 0.15) is 49.0 Å². The van der Waals surface area contributed by atoms with Crippen molar-refractivity contribution in [1.29, 1.82) is 0 Å². The molecule has 3 aromatic carbocycles. The summed E-state index contributed by atoms with van der Waals surface area (Å²) in [7, 11) is 0. The molecule has 186 valence electrons. The second-order valence-corrected chi connectivity index (χ2v) is 10.0. The summed E-state index contributed by atoms with van der Waals surface area (Å²) in [4.78, 5) is 17.7. The molecule has 0 saturated carbocycles. The van der Waals surface area contributed by atoms with Crippen molar-refractivity contribution in [3.8, 4) is 11.3 Å². The Bertz CT molecular complexity index is 1340. The monoisotopic (exact) mass is 517 g/mol. The van der Waals surface area contributed by atoms with Gasteiger partial charge in [-0.15, -0.1) is 0 Å². The number of hydrogen-bond donors (Lipinski definition) is 1. The molecule has 0 aliphatic carbocycles. The second kappa shape index (κ2) is 12.3. The zero-order valence-electron chi connectivity index (χ0n) is 21.1. The Kier molecular flexibility index (Phi) is 8.89. The molecule has 5 rings (SSSR count). The van der Waals surface area contributed by atoms with Crippen LogP contribution in [0.25, 0.3) is 22.0 Å². The molecule has 36 heavy (non-hydrogen) atoms. The Hall–Kier alpha value is -3.02. The molecule has 1 aliphatic heterocycles. The summed E-state index contributed by atoms with van der Waals surface area (Å²) in [6.07, 6.45) is 5.49. The number of fused-ring (bicyclic) bond motifs is 1. The van der Waals surface area contributed by atoms with Gasteiger partial charge in [-0.05, 0) is 79.1 Å². The largest absolute Gasteiger partial charge is 0.322 e. The SMILES string of the molecule is CC.Cc1ccc(NC(=O)c2ccc(N3CCCCCS3)cc2Cl)cc1-c1nccc2ccccc12. The fourth-order valence-corrected chi connectivity index (χ4v) is 5.64. The van der Waals surface area contributed by atoms with Gasteiger partial charge >= 0.3 is 0 Å². The summed E-state index contributed by atoms with van der Waals surface area (Å²) >= 11 is 8.39. The van der Waals surface area contributed by atoms with Gasteiger partial charge in [-0.25, -0.2) is 0 Å². The van der Waals surface area contributed by atoms with Crippen molar-refractivity contribution >= 4 is 51.6 Å². The first-order chi connectivity index (χ1) is 17.6. The van der Waals surface area contributed by atoms with Crippen LogP contribution in [0.15, 0.2) is 72.9 Å². The molecule has 0 radical (unpaired) electrons. The van der Waals surface area contributed by atoms with Crippen LogP contribution < -0.4 is 9.62 Å². The summed E-state index contributed by atoms with van der Waals surface area (Å²) in [5, 5.41) is 5.70. The lowest BCUT2D eigenvalue weighted by Crippen LogP contribution is -2.16. The molecule has 1 amide bonds. The minimum atomic E-state index is -0.222. The van der Waals surface area contributed by atoms with E-state index in [9.17, 15) is 4.79 Å². The van der Waals surface area contributed by atoms with Crippen LogP contribution in [-0.4, -0.2) is 23.2 Å². The molecule has 1 N–H and O–H groups in total. The predicted molar refractivity (Wildman–Crippen MR) is 156 cm³/mol. The summed E-state index contributed by atoms with van der Waals surface area (Å²) in [5.74, 6) is 0.891. The molecule has 6 heteroatoms. The van der Waals surface area contributed by atoms with Gasteiger partial charge in [0.15, 0.2) is 0 Å². The van der Waals surface area contributed by atoms with Crippen LogP contribution in [0.2, 0.25) is 5.02 Å². The van der Waals surface area contributed by atoms with Crippen LogP contribution in [0.3, 0.4) is 0 Å². The topological polar surface area (TPSA) is 45.2 Å². The van der Waals surface area contributed by atoms with Gasteiger partial charge in [-0.1, -0.05) is 62.2 Å². The molecule has 1 aliphatic rings. The van der Waals surface area contributed by atoms with Crippen LogP contribution in [0.5, 0.6) is 0 Å². The summed E-state index contributed by atoms with van der Waals surface area (Å²) in [6, 6.07) is 21.8. The van der Waals surface area contributed by atoms with E-state index >= 15 is 0 Å². The van der Waals surface area contributed by atoms with Crippen molar-refractivity contribution in [3.63, 3.8) is 0 Å². The molecular weight excluding hydrogens is 486 g/mol. The van der Waals surface area contributed by atoms with Gasteiger partial charge in [-0.2, -0.15) is 0 Å². The number of halogens is 1. The quantitative estimate of drug-likeness (QED) is 0.275. The number of carbonyl (C=O) groups is 1. The van der Waals surface area contributed by atoms with E-state index in [1.54, 1.807) is 0 Å². The molecule has 0 spiro atoms. The lowest BCUT2D eigenvalue weighted by atomic mass is 9.99. The lowest BCUT2D eigenvalue weighted by molar-refractivity contribution is 0.102. The van der Waals surface area contributed by atoms with Crippen molar-refractivity contribution in [2.24, 2.45) is 0 Å². The third kappa shape index (κ3) is 5.85. The average Bonchev–Trinajstić information content (AvgIpc) is 3.20. The first-order valence-electron chi connectivity index (χ1n) is 12.6. The number of nitrogens with zero attached hydrogens (tertiary/aromatic N) is 2. The van der Waals surface area contributed by atoms with Crippen molar-refractivity contribution in [2.75, 3.05) is 21.9 Å². The van der Waals surface area contributed by atoms with E-state index < -0.39 is 0 Å². The lowest BCUT2D eigenvalue weighted by Gasteiger charge is -2.21. The Morgan fingerprint density at radius 3 is 2.67 bits per heavy atom. The van der Waals surface area contributed by atoms with Gasteiger partial charge in [0, 0.05) is 40.8 Å². The second-order valence-electron chi connectivity index (χ2n) is 8.52. The summed E-state index contributed by atoms with van der Waals surface area (Å²) < 4.78 is 2.28. The maximum atomic E-state index is 13.1. The van der Waals surface area contributed by atoms with E-state index in [1.165, 1.54) is 19.3 Å². The highest BCUT2D eigenvalue weighted by atomic mass is 35.5. The van der Waals surface area contributed by atoms with E-state index in [2.05, 4.69) is 33.7 Å². The van der Waals surface area contributed by atoms with Gasteiger partial charge in [0.1, 0.15) is 0 Å². The molecule has 4 nitrogen and oxygen atoms in total. The number of amides is 1. The minimum Gasteiger partial charge on any atom is -0.322 e. The predicted octanol–water partition coefficient (Wildman–Crippen LogP) is 8.78. The first-order valence-corrected chi connectivity index (χ1v) is 13.9. The van der Waals surface area contributed by atoms with Crippen molar-refractivity contribution < 1.29 is 4.79 Å². The van der Waals surface area contributed by atoms with Crippen LogP contribution in [-0.2, 0) is 0 Å². The molecule has 1 aromatic heterocycles. The molecule has 1 fully saturated rings. The normalized spacial score (nSPS) is 13.5. The van der Waals surface area contributed by atoms with Crippen LogP contribution in [0, 0.1) is 6.92 Å². The summed E-state index contributed by atoms with van der Waals surface area (Å²) in [6.45, 7) is 7.06. The third-order valence-corrected chi connectivity index (χ3v) is 7.65. The average molecular weight is 518 g/mol. The highest BCUT2D eigenvalue weighted by Gasteiger charge is 2.17. The Morgan fingerprint density at radius 1 is 1.00 bits per heavy atom. The zero-order chi connectivity index (χ0) is 25.5. The fraction of sp³-hybridized carbons (Fsp3) is 0.267. The molecule has 2 heterocycles. The highest BCUT2D eigenvalue weighted by Crippen LogP contribution is 2.33. The van der Waals surface area contributed by atoms with E-state index in [1.807, 2.05) is 86.6 Å². The first kappa shape index (κ1) is 26.1. The van der Waals surface area contributed by atoms with Crippen molar-refractivity contribution in [1.82, 2.24) is 4.98 Å². The Morgan fingerprint density at radius 2 is 1.83 bits per heavy atom. The highest BCUT2D eigenvalue weighted by molar-refractivity contribution is 8.00.